The lowest BCUT2D eigenvalue weighted by molar-refractivity contribution is -0.529. The Morgan fingerprint density at radius 3 is 2.44 bits per heavy atom. The first-order chi connectivity index (χ1) is 7.25. The minimum Gasteiger partial charge on any atom is -0.290 e. The minimum atomic E-state index is -1.57. The topological polar surface area (TPSA) is 60.2 Å². The number of nitrogens with zero attached hydrogens (tertiary/aromatic N) is 1. The van der Waals surface area contributed by atoms with Crippen molar-refractivity contribution in [2.24, 2.45) is 16.7 Å². The number of hydrogen-bond donors (Lipinski definition) is 0. The summed E-state index contributed by atoms with van der Waals surface area (Å²) in [5.41, 5.74) is -0.918. The molecule has 0 saturated heterocycles. The number of fused-ring (bicyclic) bond motifs is 2. The van der Waals surface area contributed by atoms with Gasteiger partial charge in [0.15, 0.2) is 0 Å². The molecule has 0 amide bonds. The average Bonchev–Trinajstić information content (AvgIpc) is 2.56. The lowest BCUT2D eigenvalue weighted by Crippen LogP contribution is -2.47. The fraction of sp³-hybridized carbons (Fsp3) is 0.900. The van der Waals surface area contributed by atoms with Gasteiger partial charge in [0.25, 0.3) is 0 Å². The van der Waals surface area contributed by atoms with Crippen LogP contribution in [0, 0.1) is 26.9 Å². The molecule has 2 aliphatic carbocycles. The predicted octanol–water partition coefficient (Wildman–Crippen LogP) is 2.75. The molecule has 0 aromatic heterocycles. The van der Waals surface area contributed by atoms with Crippen molar-refractivity contribution >= 4 is 37.6 Å². The maximum Gasteiger partial charge on any atom is 0.335 e. The van der Waals surface area contributed by atoms with E-state index in [1.54, 1.807) is 0 Å². The zero-order chi connectivity index (χ0) is 12.4. The van der Waals surface area contributed by atoms with Crippen LogP contribution in [-0.4, -0.2) is 20.5 Å². The van der Waals surface area contributed by atoms with Gasteiger partial charge in [0.05, 0.1) is 5.92 Å². The molecule has 0 spiro atoms. The molecule has 6 heteroatoms. The number of rotatable bonds is 2. The second-order valence-electron chi connectivity index (χ2n) is 5.23. The lowest BCUT2D eigenvalue weighted by atomic mass is 9.70. The number of carbonyl (C=O) groups excluding carboxylic acids is 1. The van der Waals surface area contributed by atoms with Gasteiger partial charge in [0.1, 0.15) is 0 Å². The van der Waals surface area contributed by atoms with Crippen molar-refractivity contribution < 1.29 is 9.72 Å². The molecule has 2 fully saturated rings. The van der Waals surface area contributed by atoms with Gasteiger partial charge in [-0.05, 0) is 12.8 Å². The molecule has 0 heterocycles. The summed E-state index contributed by atoms with van der Waals surface area (Å²) in [5.74, 6) is -0.491. The molecular weight excluding hydrogens is 342 g/mol. The molecule has 2 aliphatic rings. The highest BCUT2D eigenvalue weighted by atomic mass is 79.9. The predicted molar refractivity (Wildman–Crippen MR) is 66.4 cm³/mol. The second kappa shape index (κ2) is 3.28. The monoisotopic (exact) mass is 353 g/mol. The third kappa shape index (κ3) is 1.03. The Morgan fingerprint density at radius 1 is 1.56 bits per heavy atom. The Kier molecular flexibility index (Phi) is 2.56. The third-order valence-corrected chi connectivity index (χ3v) is 7.15. The quantitative estimate of drug-likeness (QED) is 0.331. The Balaban J connectivity index is 2.61. The molecule has 0 unspecified atom stereocenters. The van der Waals surface area contributed by atoms with Crippen molar-refractivity contribution in [3.8, 4) is 0 Å². The van der Waals surface area contributed by atoms with E-state index in [0.29, 0.717) is 5.33 Å². The van der Waals surface area contributed by atoms with Crippen LogP contribution in [0.25, 0.3) is 0 Å². The largest absolute Gasteiger partial charge is 0.335 e. The maximum atomic E-state index is 12.3. The molecule has 2 saturated carbocycles. The van der Waals surface area contributed by atoms with E-state index in [2.05, 4.69) is 31.9 Å². The third-order valence-electron chi connectivity index (χ3n) is 4.79. The van der Waals surface area contributed by atoms with E-state index >= 15 is 0 Å². The first kappa shape index (κ1) is 12.5. The summed E-state index contributed by atoms with van der Waals surface area (Å²) in [6.07, 6.45) is 1.48. The Labute approximate surface area is 111 Å². The van der Waals surface area contributed by atoms with Crippen LogP contribution in [0.5, 0.6) is 0 Å². The Hall–Kier alpha value is 0.0300. The van der Waals surface area contributed by atoms with E-state index in [0.717, 1.165) is 12.8 Å². The molecule has 0 aliphatic heterocycles. The highest BCUT2D eigenvalue weighted by molar-refractivity contribution is 9.10. The number of Topliss-reactive ketones (excluding diaryl/α,β-unsaturated/α-hetero) is 1. The van der Waals surface area contributed by atoms with Crippen LogP contribution in [0.2, 0.25) is 0 Å². The highest BCUT2D eigenvalue weighted by Crippen LogP contribution is 2.69. The van der Waals surface area contributed by atoms with E-state index in [9.17, 15) is 14.9 Å². The molecule has 0 N–H and O–H groups in total. The molecule has 4 atom stereocenters. The van der Waals surface area contributed by atoms with Gasteiger partial charge < -0.3 is 0 Å². The summed E-state index contributed by atoms with van der Waals surface area (Å²) in [5, 5.41) is 11.8. The second-order valence-corrected chi connectivity index (χ2v) is 7.00. The summed E-state index contributed by atoms with van der Waals surface area (Å²) in [7, 11) is 0. The normalized spacial score (nSPS) is 51.0. The van der Waals surface area contributed by atoms with Crippen LogP contribution in [0.1, 0.15) is 26.7 Å². The number of hydrogen-bond acceptors (Lipinski definition) is 3. The van der Waals surface area contributed by atoms with Gasteiger partial charge in [-0.15, -0.1) is 0 Å². The molecule has 0 aromatic carbocycles. The van der Waals surface area contributed by atoms with Gasteiger partial charge in [-0.2, -0.15) is 0 Å². The summed E-state index contributed by atoms with van der Waals surface area (Å²) < 4.78 is -1.57. The number of halogens is 2. The van der Waals surface area contributed by atoms with Gasteiger partial charge in [0.2, 0.25) is 5.78 Å². The van der Waals surface area contributed by atoms with Crippen molar-refractivity contribution in [2.75, 3.05) is 5.33 Å². The molecule has 0 aromatic rings. The van der Waals surface area contributed by atoms with Crippen LogP contribution in [-0.2, 0) is 4.79 Å². The van der Waals surface area contributed by atoms with E-state index < -0.39 is 14.8 Å². The SMILES string of the molecule is C[C@]12CC[C@@H]([C@](Br)([N+](=O)[O-])C1=O)[C@@]2(C)CBr. The Bertz CT molecular complexity index is 388. The van der Waals surface area contributed by atoms with E-state index in [1.165, 1.54) is 0 Å². The van der Waals surface area contributed by atoms with Crippen molar-refractivity contribution in [3.63, 3.8) is 0 Å². The van der Waals surface area contributed by atoms with Gasteiger partial charge in [-0.3, -0.25) is 14.9 Å². The average molecular weight is 355 g/mol. The highest BCUT2D eigenvalue weighted by Gasteiger charge is 2.79. The van der Waals surface area contributed by atoms with Gasteiger partial charge in [-0.1, -0.05) is 29.8 Å². The Morgan fingerprint density at radius 2 is 2.12 bits per heavy atom. The number of carbonyl (C=O) groups is 1. The fourth-order valence-corrected chi connectivity index (χ4v) is 5.59. The van der Waals surface area contributed by atoms with Crippen LogP contribution in [0.3, 0.4) is 0 Å². The first-order valence-corrected chi connectivity index (χ1v) is 7.11. The fourth-order valence-electron chi connectivity index (χ4n) is 3.40. The lowest BCUT2D eigenvalue weighted by Gasteiger charge is -2.33. The standard InChI is InChI=1S/C10H13Br2NO3/c1-8-4-3-6(9(8,2)5-11)10(12,7(8)14)13(15)16/h6H,3-5H2,1-2H3/t6-,8+,9-,10+/m1/s1. The minimum absolute atomic E-state index is 0.230. The first-order valence-electron chi connectivity index (χ1n) is 5.19. The maximum absolute atomic E-state index is 12.3. The van der Waals surface area contributed by atoms with E-state index in [4.69, 9.17) is 0 Å². The van der Waals surface area contributed by atoms with Crippen LogP contribution in [0.4, 0.5) is 0 Å². The molecule has 4 nitrogen and oxygen atoms in total. The smallest absolute Gasteiger partial charge is 0.290 e. The van der Waals surface area contributed by atoms with Gasteiger partial charge in [-0.25, -0.2) is 0 Å². The van der Waals surface area contributed by atoms with Crippen molar-refractivity contribution in [3.05, 3.63) is 10.1 Å². The summed E-state index contributed by atoms with van der Waals surface area (Å²) in [6.45, 7) is 3.84. The van der Waals surface area contributed by atoms with E-state index in [1.807, 2.05) is 13.8 Å². The molecule has 2 rings (SSSR count). The number of ketones is 1. The zero-order valence-corrected chi connectivity index (χ0v) is 12.3. The van der Waals surface area contributed by atoms with Crippen molar-refractivity contribution in [1.82, 2.24) is 0 Å². The van der Waals surface area contributed by atoms with Crippen molar-refractivity contribution in [2.45, 2.75) is 31.1 Å². The summed E-state index contributed by atoms with van der Waals surface area (Å²) >= 11 is 6.54. The number of nitro groups is 1. The van der Waals surface area contributed by atoms with Gasteiger partial charge in [0, 0.05) is 37.0 Å². The molecule has 0 radical (unpaired) electrons. The van der Waals surface area contributed by atoms with Crippen LogP contribution < -0.4 is 0 Å². The number of alkyl halides is 2. The zero-order valence-electron chi connectivity index (χ0n) is 9.13. The van der Waals surface area contributed by atoms with E-state index in [-0.39, 0.29) is 17.1 Å². The van der Waals surface area contributed by atoms with Crippen LogP contribution >= 0.6 is 31.9 Å². The molecule has 90 valence electrons. The summed E-state index contributed by atoms with van der Waals surface area (Å²) in [4.78, 5) is 23.1. The molecule has 2 bridgehead atoms. The molecule has 16 heavy (non-hydrogen) atoms. The van der Waals surface area contributed by atoms with Crippen molar-refractivity contribution in [1.29, 1.82) is 0 Å². The molecular formula is C10H13Br2NO3. The van der Waals surface area contributed by atoms with Gasteiger partial charge >= 0.3 is 4.45 Å². The van der Waals surface area contributed by atoms with Crippen LogP contribution in [0.15, 0.2) is 0 Å². The summed E-state index contributed by atoms with van der Waals surface area (Å²) in [6, 6.07) is 0.